The van der Waals surface area contributed by atoms with Crippen molar-refractivity contribution in [1.29, 1.82) is 0 Å². The van der Waals surface area contributed by atoms with Gasteiger partial charge in [-0.15, -0.1) is 0 Å². The molecule has 0 N–H and O–H groups in total. The topological polar surface area (TPSA) is 9.23 Å². The summed E-state index contributed by atoms with van der Waals surface area (Å²) < 4.78 is 5.55. The van der Waals surface area contributed by atoms with Crippen LogP contribution in [-0.2, 0) is 4.74 Å². The van der Waals surface area contributed by atoms with Crippen LogP contribution in [0.15, 0.2) is 52.7 Å². The highest BCUT2D eigenvalue weighted by Gasteiger charge is 2.21. The fourth-order valence-corrected chi connectivity index (χ4v) is 4.03. The third-order valence-corrected chi connectivity index (χ3v) is 5.23. The van der Waals surface area contributed by atoms with Gasteiger partial charge in [0.15, 0.2) is 0 Å². The van der Waals surface area contributed by atoms with Crippen molar-refractivity contribution >= 4 is 28.3 Å². The second-order valence-corrected chi connectivity index (χ2v) is 6.45. The van der Waals surface area contributed by atoms with E-state index in [1.54, 1.807) is 7.11 Å². The highest BCUT2D eigenvalue weighted by atomic mass is 35.5. The molecule has 0 atom stereocenters. The normalized spacial score (nSPS) is 18.9. The molecular formula is C17H17ClOS. The van der Waals surface area contributed by atoms with Crippen molar-refractivity contribution in [1.82, 2.24) is 0 Å². The molecule has 0 saturated heterocycles. The van der Waals surface area contributed by atoms with Crippen LogP contribution >= 0.6 is 23.4 Å². The van der Waals surface area contributed by atoms with Crippen LogP contribution in [0.3, 0.4) is 0 Å². The van der Waals surface area contributed by atoms with E-state index in [0.29, 0.717) is 0 Å². The molecule has 0 amide bonds. The molecule has 0 spiro atoms. The lowest BCUT2D eigenvalue weighted by molar-refractivity contribution is 0.300. The van der Waals surface area contributed by atoms with Gasteiger partial charge < -0.3 is 4.74 Å². The molecule has 104 valence electrons. The second-order valence-electron chi connectivity index (χ2n) is 4.96. The number of rotatable bonds is 2. The number of hydrogen-bond donors (Lipinski definition) is 0. The number of methoxy groups -OCH3 is 1. The summed E-state index contributed by atoms with van der Waals surface area (Å²) in [5, 5.41) is 0.781. The molecule has 0 unspecified atom stereocenters. The lowest BCUT2D eigenvalue weighted by Gasteiger charge is -2.19. The Morgan fingerprint density at radius 1 is 1.05 bits per heavy atom. The van der Waals surface area contributed by atoms with E-state index >= 15 is 0 Å². The second kappa shape index (κ2) is 6.11. The molecule has 3 rings (SSSR count). The predicted molar refractivity (Wildman–Crippen MR) is 87.6 cm³/mol. The Balaban J connectivity index is 1.92. The Kier molecular flexibility index (Phi) is 4.23. The van der Waals surface area contributed by atoms with Crippen LogP contribution in [0, 0.1) is 0 Å². The van der Waals surface area contributed by atoms with Crippen molar-refractivity contribution < 1.29 is 4.74 Å². The summed E-state index contributed by atoms with van der Waals surface area (Å²) in [6.45, 7) is 0. The first-order valence-electron chi connectivity index (χ1n) is 6.88. The van der Waals surface area contributed by atoms with Crippen LogP contribution in [0.1, 0.15) is 31.2 Å². The van der Waals surface area contributed by atoms with Crippen molar-refractivity contribution in [2.24, 2.45) is 0 Å². The Labute approximate surface area is 129 Å². The van der Waals surface area contributed by atoms with Crippen molar-refractivity contribution in [2.45, 2.75) is 25.7 Å². The average molecular weight is 305 g/mol. The van der Waals surface area contributed by atoms with Crippen LogP contribution in [-0.4, -0.2) is 7.11 Å². The van der Waals surface area contributed by atoms with Gasteiger partial charge in [0, 0.05) is 9.93 Å². The zero-order valence-electron chi connectivity index (χ0n) is 11.5. The first kappa shape index (κ1) is 13.8. The molecule has 1 aliphatic heterocycles. The van der Waals surface area contributed by atoms with Gasteiger partial charge in [0.05, 0.1) is 12.0 Å². The Morgan fingerprint density at radius 3 is 2.45 bits per heavy atom. The minimum Gasteiger partial charge on any atom is -0.496 e. The van der Waals surface area contributed by atoms with Gasteiger partial charge in [-0.05, 0) is 49.5 Å². The quantitative estimate of drug-likeness (QED) is 0.684. The van der Waals surface area contributed by atoms with Gasteiger partial charge in [0.2, 0.25) is 0 Å². The van der Waals surface area contributed by atoms with Crippen molar-refractivity contribution in [2.75, 3.05) is 7.11 Å². The molecule has 20 heavy (non-hydrogen) atoms. The maximum Gasteiger partial charge on any atom is 0.128 e. The summed E-state index contributed by atoms with van der Waals surface area (Å²) >= 11 is 7.81. The first-order chi connectivity index (χ1) is 9.78. The van der Waals surface area contributed by atoms with Crippen LogP contribution < -0.4 is 0 Å². The summed E-state index contributed by atoms with van der Waals surface area (Å²) in [5.74, 6) is 1.04. The Bertz CT molecular complexity index is 596. The summed E-state index contributed by atoms with van der Waals surface area (Å²) in [4.78, 5) is 2.62. The number of ether oxygens (including phenoxy) is 1. The maximum absolute atomic E-state index is 5.97. The van der Waals surface area contributed by atoms with Crippen molar-refractivity contribution in [3.05, 3.63) is 63.2 Å². The summed E-state index contributed by atoms with van der Waals surface area (Å²) in [6.07, 6.45) is 9.03. The van der Waals surface area contributed by atoms with Gasteiger partial charge in [0.1, 0.15) is 5.76 Å². The molecule has 0 fully saturated rings. The Morgan fingerprint density at radius 2 is 1.75 bits per heavy atom. The monoisotopic (exact) mass is 304 g/mol. The van der Waals surface area contributed by atoms with Gasteiger partial charge in [-0.2, -0.15) is 0 Å². The van der Waals surface area contributed by atoms with E-state index in [0.717, 1.165) is 36.5 Å². The molecule has 1 aliphatic carbocycles. The van der Waals surface area contributed by atoms with Crippen LogP contribution in [0.2, 0.25) is 5.02 Å². The molecule has 0 bridgehead atoms. The molecule has 2 aliphatic rings. The lowest BCUT2D eigenvalue weighted by atomic mass is 9.99. The van der Waals surface area contributed by atoms with E-state index in [1.807, 2.05) is 23.9 Å². The van der Waals surface area contributed by atoms with E-state index in [1.165, 1.54) is 20.9 Å². The number of hydrogen-bond acceptors (Lipinski definition) is 2. The zero-order valence-corrected chi connectivity index (χ0v) is 13.1. The molecule has 1 nitrogen and oxygen atoms in total. The molecule has 1 aromatic rings. The molecule has 0 aromatic heterocycles. The van der Waals surface area contributed by atoms with Crippen LogP contribution in [0.25, 0.3) is 4.91 Å². The van der Waals surface area contributed by atoms with Crippen LogP contribution in [0.4, 0.5) is 0 Å². The van der Waals surface area contributed by atoms with E-state index in [4.69, 9.17) is 16.3 Å². The third kappa shape index (κ3) is 2.82. The first-order valence-corrected chi connectivity index (χ1v) is 8.08. The highest BCUT2D eigenvalue weighted by Crippen LogP contribution is 2.45. The van der Waals surface area contributed by atoms with E-state index in [2.05, 4.69) is 24.3 Å². The standard InChI is InChI=1S/C17H17ClOS/c1-19-15-6-2-4-13-5-3-7-16(20-17(13)15)12-8-10-14(18)11-9-12/h6-11H,2-5H2,1H3. The minimum atomic E-state index is 0.781. The molecule has 1 heterocycles. The van der Waals surface area contributed by atoms with E-state index in [9.17, 15) is 0 Å². The number of halogens is 1. The number of benzene rings is 1. The molecule has 0 saturated carbocycles. The highest BCUT2D eigenvalue weighted by molar-refractivity contribution is 8.12. The number of thioether (sulfide) groups is 1. The fourth-order valence-electron chi connectivity index (χ4n) is 2.62. The molecule has 3 heteroatoms. The van der Waals surface area contributed by atoms with Crippen molar-refractivity contribution in [3.63, 3.8) is 0 Å². The predicted octanol–water partition coefficient (Wildman–Crippen LogP) is 5.79. The fraction of sp³-hybridized carbons (Fsp3) is 0.294. The molecular weight excluding hydrogens is 288 g/mol. The largest absolute Gasteiger partial charge is 0.496 e. The van der Waals surface area contributed by atoms with Crippen molar-refractivity contribution in [3.8, 4) is 0 Å². The third-order valence-electron chi connectivity index (χ3n) is 3.66. The molecule has 1 aromatic carbocycles. The number of allylic oxidation sites excluding steroid dienone is 3. The maximum atomic E-state index is 5.97. The minimum absolute atomic E-state index is 0.781. The SMILES string of the molecule is COC1=CCCC2=C1SC(c1ccc(Cl)cc1)=CCC2. The van der Waals surface area contributed by atoms with E-state index < -0.39 is 0 Å². The molecule has 0 radical (unpaired) electrons. The Hall–Kier alpha value is -1.12. The summed E-state index contributed by atoms with van der Waals surface area (Å²) in [7, 11) is 1.76. The van der Waals surface area contributed by atoms with Gasteiger partial charge in [-0.3, -0.25) is 0 Å². The smallest absolute Gasteiger partial charge is 0.128 e. The van der Waals surface area contributed by atoms with Gasteiger partial charge in [0.25, 0.3) is 0 Å². The van der Waals surface area contributed by atoms with Crippen LogP contribution in [0.5, 0.6) is 0 Å². The van der Waals surface area contributed by atoms with Gasteiger partial charge >= 0.3 is 0 Å². The summed E-state index contributed by atoms with van der Waals surface area (Å²) in [6, 6.07) is 8.08. The van der Waals surface area contributed by atoms with Gasteiger partial charge in [-0.25, -0.2) is 0 Å². The zero-order chi connectivity index (χ0) is 13.9. The summed E-state index contributed by atoms with van der Waals surface area (Å²) in [5.41, 5.74) is 2.77. The lowest BCUT2D eigenvalue weighted by Crippen LogP contribution is -2.00. The van der Waals surface area contributed by atoms with E-state index in [-0.39, 0.29) is 0 Å². The average Bonchev–Trinajstić information content (AvgIpc) is 2.70. The van der Waals surface area contributed by atoms with Gasteiger partial charge in [-0.1, -0.05) is 47.1 Å².